The molecular formula is C28H25N3OS. The van der Waals surface area contributed by atoms with E-state index in [1.807, 2.05) is 35.2 Å². The van der Waals surface area contributed by atoms with E-state index in [9.17, 15) is 4.79 Å². The Morgan fingerprint density at radius 2 is 1.67 bits per heavy atom. The smallest absolute Gasteiger partial charge is 0.253 e. The summed E-state index contributed by atoms with van der Waals surface area (Å²) in [5.74, 6) is 0.800. The van der Waals surface area contributed by atoms with Gasteiger partial charge in [0.2, 0.25) is 0 Å². The Bertz CT molecular complexity index is 1410. The Hall–Kier alpha value is -3.44. The first kappa shape index (κ1) is 20.2. The van der Waals surface area contributed by atoms with E-state index in [1.165, 1.54) is 5.56 Å². The molecule has 0 bridgehead atoms. The second-order valence-corrected chi connectivity index (χ2v) is 9.86. The number of aromatic nitrogens is 2. The van der Waals surface area contributed by atoms with E-state index in [2.05, 4.69) is 59.1 Å². The molecule has 0 radical (unpaired) electrons. The Balaban J connectivity index is 1.18. The Kier molecular flexibility index (Phi) is 5.19. The standard InChI is InChI=1S/C28H25N3OS/c32-27(30-15-13-21(14-16-30)17-20-7-3-1-4-8-20)23-11-12-25-26(18-23)33-28-29-24(19-31(25)28)22-9-5-2-6-10-22/h1-12,18-19,21H,13-17H2. The molecule has 1 aliphatic heterocycles. The van der Waals surface area contributed by atoms with E-state index in [4.69, 9.17) is 4.98 Å². The SMILES string of the molecule is O=C(c1ccc2c(c1)sc1nc(-c3ccccc3)cn12)N1CCC(Cc2ccccc2)CC1. The lowest BCUT2D eigenvalue weighted by Gasteiger charge is -2.32. The van der Waals surface area contributed by atoms with E-state index in [1.54, 1.807) is 11.3 Å². The molecule has 4 nitrogen and oxygen atoms in total. The molecule has 0 saturated carbocycles. The summed E-state index contributed by atoms with van der Waals surface area (Å²) in [5.41, 5.74) is 5.36. The number of fused-ring (bicyclic) bond motifs is 3. The summed E-state index contributed by atoms with van der Waals surface area (Å²) in [6.45, 7) is 1.67. The zero-order valence-corrected chi connectivity index (χ0v) is 19.2. The fraction of sp³-hybridized carbons (Fsp3) is 0.214. The van der Waals surface area contributed by atoms with Crippen LogP contribution in [-0.2, 0) is 6.42 Å². The molecule has 1 aliphatic rings. The number of thiazole rings is 1. The van der Waals surface area contributed by atoms with Gasteiger partial charge in [-0.25, -0.2) is 4.98 Å². The van der Waals surface area contributed by atoms with Gasteiger partial charge in [-0.15, -0.1) is 0 Å². The molecule has 1 amide bonds. The van der Waals surface area contributed by atoms with Gasteiger partial charge in [-0.05, 0) is 48.9 Å². The molecule has 2 aromatic heterocycles. The van der Waals surface area contributed by atoms with Crippen LogP contribution in [0.25, 0.3) is 26.4 Å². The van der Waals surface area contributed by atoms with Crippen molar-refractivity contribution in [2.24, 2.45) is 5.92 Å². The van der Waals surface area contributed by atoms with Crippen molar-refractivity contribution in [3.8, 4) is 11.3 Å². The maximum absolute atomic E-state index is 13.2. The highest BCUT2D eigenvalue weighted by Crippen LogP contribution is 2.31. The van der Waals surface area contributed by atoms with Crippen molar-refractivity contribution >= 4 is 32.4 Å². The van der Waals surface area contributed by atoms with Crippen LogP contribution in [0.15, 0.2) is 85.1 Å². The third kappa shape index (κ3) is 3.93. The van der Waals surface area contributed by atoms with Crippen molar-refractivity contribution in [3.05, 3.63) is 96.2 Å². The fourth-order valence-corrected chi connectivity index (χ4v) is 5.90. The van der Waals surface area contributed by atoms with E-state index in [-0.39, 0.29) is 5.91 Å². The lowest BCUT2D eigenvalue weighted by Crippen LogP contribution is -2.38. The molecule has 0 N–H and O–H groups in total. The van der Waals surface area contributed by atoms with Crippen molar-refractivity contribution in [3.63, 3.8) is 0 Å². The van der Waals surface area contributed by atoms with Gasteiger partial charge in [-0.1, -0.05) is 72.0 Å². The number of hydrogen-bond donors (Lipinski definition) is 0. The summed E-state index contributed by atoms with van der Waals surface area (Å²) >= 11 is 1.64. The summed E-state index contributed by atoms with van der Waals surface area (Å²) < 4.78 is 3.23. The van der Waals surface area contributed by atoms with Crippen LogP contribution in [0.2, 0.25) is 0 Å². The van der Waals surface area contributed by atoms with Crippen LogP contribution in [0.1, 0.15) is 28.8 Å². The summed E-state index contributed by atoms with van der Waals surface area (Å²) in [6.07, 6.45) is 5.33. The number of carbonyl (C=O) groups excluding carboxylic acids is 1. The lowest BCUT2D eigenvalue weighted by atomic mass is 9.90. The quantitative estimate of drug-likeness (QED) is 0.321. The normalized spacial score (nSPS) is 14.8. The molecule has 33 heavy (non-hydrogen) atoms. The Morgan fingerprint density at radius 1 is 0.939 bits per heavy atom. The summed E-state index contributed by atoms with van der Waals surface area (Å²) in [5, 5.41) is 0. The molecule has 5 heteroatoms. The first-order valence-corrected chi connectivity index (χ1v) is 12.4. The maximum Gasteiger partial charge on any atom is 0.253 e. The van der Waals surface area contributed by atoms with Crippen molar-refractivity contribution in [2.45, 2.75) is 19.3 Å². The summed E-state index contributed by atoms with van der Waals surface area (Å²) in [6, 6.07) is 27.0. The minimum absolute atomic E-state index is 0.145. The average molecular weight is 452 g/mol. The van der Waals surface area contributed by atoms with Crippen LogP contribution in [0.5, 0.6) is 0 Å². The number of benzene rings is 3. The van der Waals surface area contributed by atoms with E-state index in [0.717, 1.165) is 64.4 Å². The molecule has 3 heterocycles. The predicted octanol–water partition coefficient (Wildman–Crippen LogP) is 6.31. The van der Waals surface area contributed by atoms with Crippen LogP contribution in [-0.4, -0.2) is 33.3 Å². The summed E-state index contributed by atoms with van der Waals surface area (Å²) in [4.78, 5) is 21.0. The largest absolute Gasteiger partial charge is 0.339 e. The van der Waals surface area contributed by atoms with E-state index >= 15 is 0 Å². The zero-order chi connectivity index (χ0) is 22.2. The van der Waals surface area contributed by atoms with Crippen LogP contribution in [0, 0.1) is 5.92 Å². The first-order valence-electron chi connectivity index (χ1n) is 11.5. The molecule has 1 fully saturated rings. The Morgan fingerprint density at radius 3 is 2.42 bits per heavy atom. The van der Waals surface area contributed by atoms with Crippen molar-refractivity contribution < 1.29 is 4.79 Å². The molecule has 3 aromatic carbocycles. The summed E-state index contributed by atoms with van der Waals surface area (Å²) in [7, 11) is 0. The number of nitrogens with zero attached hydrogens (tertiary/aromatic N) is 3. The lowest BCUT2D eigenvalue weighted by molar-refractivity contribution is 0.0691. The van der Waals surface area contributed by atoms with Gasteiger partial charge in [0.25, 0.3) is 5.91 Å². The second kappa shape index (κ2) is 8.49. The molecule has 0 aliphatic carbocycles. The highest BCUT2D eigenvalue weighted by Gasteiger charge is 2.24. The number of amides is 1. The number of likely N-dealkylation sites (tertiary alicyclic amines) is 1. The second-order valence-electron chi connectivity index (χ2n) is 8.85. The first-order chi connectivity index (χ1) is 16.2. The maximum atomic E-state index is 13.2. The van der Waals surface area contributed by atoms with Gasteiger partial charge < -0.3 is 4.90 Å². The van der Waals surface area contributed by atoms with Crippen LogP contribution < -0.4 is 0 Å². The number of hydrogen-bond acceptors (Lipinski definition) is 3. The van der Waals surface area contributed by atoms with Gasteiger partial charge in [-0.2, -0.15) is 0 Å². The van der Waals surface area contributed by atoms with Gasteiger partial charge in [0.1, 0.15) is 0 Å². The van der Waals surface area contributed by atoms with Crippen LogP contribution in [0.4, 0.5) is 0 Å². The third-order valence-electron chi connectivity index (χ3n) is 6.68. The minimum Gasteiger partial charge on any atom is -0.339 e. The molecule has 0 unspecified atom stereocenters. The molecular weight excluding hydrogens is 426 g/mol. The average Bonchev–Trinajstić information content (AvgIpc) is 3.43. The van der Waals surface area contributed by atoms with Crippen molar-refractivity contribution in [1.29, 1.82) is 0 Å². The topological polar surface area (TPSA) is 37.6 Å². The molecule has 5 aromatic rings. The number of imidazole rings is 1. The number of rotatable bonds is 4. The number of carbonyl (C=O) groups is 1. The molecule has 6 rings (SSSR count). The van der Waals surface area contributed by atoms with Crippen LogP contribution in [0.3, 0.4) is 0 Å². The van der Waals surface area contributed by atoms with Gasteiger partial charge in [0.15, 0.2) is 4.96 Å². The number of piperidine rings is 1. The molecule has 0 spiro atoms. The van der Waals surface area contributed by atoms with E-state index < -0.39 is 0 Å². The highest BCUT2D eigenvalue weighted by molar-refractivity contribution is 7.23. The minimum atomic E-state index is 0.145. The van der Waals surface area contributed by atoms with E-state index in [0.29, 0.717) is 5.92 Å². The van der Waals surface area contributed by atoms with Gasteiger partial charge in [0.05, 0.1) is 15.9 Å². The molecule has 1 saturated heterocycles. The molecule has 164 valence electrons. The van der Waals surface area contributed by atoms with Gasteiger partial charge in [-0.3, -0.25) is 9.20 Å². The monoisotopic (exact) mass is 451 g/mol. The fourth-order valence-electron chi connectivity index (χ4n) is 4.85. The van der Waals surface area contributed by atoms with Crippen molar-refractivity contribution in [2.75, 3.05) is 13.1 Å². The predicted molar refractivity (Wildman–Crippen MR) is 135 cm³/mol. The van der Waals surface area contributed by atoms with Gasteiger partial charge in [0, 0.05) is 30.4 Å². The van der Waals surface area contributed by atoms with Crippen molar-refractivity contribution in [1.82, 2.24) is 14.3 Å². The highest BCUT2D eigenvalue weighted by atomic mass is 32.1. The third-order valence-corrected chi connectivity index (χ3v) is 7.70. The van der Waals surface area contributed by atoms with Crippen LogP contribution >= 0.6 is 11.3 Å². The Labute approximate surface area is 197 Å². The zero-order valence-electron chi connectivity index (χ0n) is 18.4. The molecule has 0 atom stereocenters. The van der Waals surface area contributed by atoms with Gasteiger partial charge >= 0.3 is 0 Å².